The molecule has 7 nitrogen and oxygen atoms in total. The molecular weight excluding hydrogens is 422 g/mol. The number of amides is 2. The summed E-state index contributed by atoms with van der Waals surface area (Å²) in [6.45, 7) is 2.88. The lowest BCUT2D eigenvalue weighted by atomic mass is 10.1. The number of thioether (sulfide) groups is 1. The molecule has 0 aliphatic heterocycles. The van der Waals surface area contributed by atoms with E-state index in [0.717, 1.165) is 16.5 Å². The van der Waals surface area contributed by atoms with Crippen LogP contribution < -0.4 is 10.6 Å². The van der Waals surface area contributed by atoms with E-state index in [1.807, 2.05) is 72.2 Å². The highest BCUT2D eigenvalue weighted by atomic mass is 32.2. The van der Waals surface area contributed by atoms with Crippen molar-refractivity contribution in [3.05, 3.63) is 84.2 Å². The molecule has 0 spiro atoms. The van der Waals surface area contributed by atoms with Crippen LogP contribution in [0.2, 0.25) is 0 Å². The SMILES string of the molecule is CCn1c(CNC(=O)c2ccccc2)nnc1SCC(=O)Nc1cccc2ccccc12. The van der Waals surface area contributed by atoms with Crippen LogP contribution in [0.3, 0.4) is 0 Å². The molecule has 0 aliphatic carbocycles. The summed E-state index contributed by atoms with van der Waals surface area (Å²) in [4.78, 5) is 24.8. The number of carbonyl (C=O) groups excluding carboxylic acids is 2. The Labute approximate surface area is 190 Å². The van der Waals surface area contributed by atoms with E-state index in [1.54, 1.807) is 12.1 Å². The molecule has 4 aromatic rings. The number of nitrogens with one attached hydrogen (secondary N) is 2. The number of hydrogen-bond acceptors (Lipinski definition) is 5. The maximum absolute atomic E-state index is 12.6. The molecule has 0 bridgehead atoms. The van der Waals surface area contributed by atoms with Gasteiger partial charge in [0.1, 0.15) is 0 Å². The Bertz CT molecular complexity index is 1230. The summed E-state index contributed by atoms with van der Waals surface area (Å²) >= 11 is 1.32. The van der Waals surface area contributed by atoms with Gasteiger partial charge < -0.3 is 15.2 Å². The van der Waals surface area contributed by atoms with Crippen molar-refractivity contribution in [2.45, 2.75) is 25.2 Å². The summed E-state index contributed by atoms with van der Waals surface area (Å²) < 4.78 is 1.90. The lowest BCUT2D eigenvalue weighted by Crippen LogP contribution is -2.24. The van der Waals surface area contributed by atoms with E-state index in [-0.39, 0.29) is 24.1 Å². The summed E-state index contributed by atoms with van der Waals surface area (Å²) in [5, 5.41) is 17.0. The van der Waals surface area contributed by atoms with Crippen molar-refractivity contribution in [2.24, 2.45) is 0 Å². The van der Waals surface area contributed by atoms with E-state index in [9.17, 15) is 9.59 Å². The minimum atomic E-state index is -0.167. The van der Waals surface area contributed by atoms with Crippen LogP contribution in [0.1, 0.15) is 23.1 Å². The first-order valence-electron chi connectivity index (χ1n) is 10.3. The zero-order valence-electron chi connectivity index (χ0n) is 17.6. The number of aromatic nitrogens is 3. The predicted octanol–water partition coefficient (Wildman–Crippen LogP) is 4.11. The quantitative estimate of drug-likeness (QED) is 0.399. The fourth-order valence-corrected chi connectivity index (χ4v) is 4.20. The Morgan fingerprint density at radius 3 is 2.50 bits per heavy atom. The average Bonchev–Trinajstić information content (AvgIpc) is 3.23. The van der Waals surface area contributed by atoms with Gasteiger partial charge in [-0.05, 0) is 30.5 Å². The molecule has 0 atom stereocenters. The van der Waals surface area contributed by atoms with Gasteiger partial charge in [-0.1, -0.05) is 66.4 Å². The van der Waals surface area contributed by atoms with Crippen LogP contribution in [0.15, 0.2) is 78.0 Å². The third-order valence-corrected chi connectivity index (χ3v) is 5.92. The van der Waals surface area contributed by atoms with Crippen LogP contribution in [0.25, 0.3) is 10.8 Å². The van der Waals surface area contributed by atoms with E-state index in [2.05, 4.69) is 20.8 Å². The molecule has 1 heterocycles. The van der Waals surface area contributed by atoms with Gasteiger partial charge in [0.05, 0.1) is 12.3 Å². The third-order valence-electron chi connectivity index (χ3n) is 4.95. The molecule has 3 aromatic carbocycles. The largest absolute Gasteiger partial charge is 0.345 e. The smallest absolute Gasteiger partial charge is 0.251 e. The van der Waals surface area contributed by atoms with Gasteiger partial charge in [0.25, 0.3) is 5.91 Å². The molecular formula is C24H23N5O2S. The van der Waals surface area contributed by atoms with Crippen molar-refractivity contribution < 1.29 is 9.59 Å². The van der Waals surface area contributed by atoms with Gasteiger partial charge in [0.15, 0.2) is 11.0 Å². The molecule has 0 saturated heterocycles. The Hall–Kier alpha value is -3.65. The number of nitrogens with zero attached hydrogens (tertiary/aromatic N) is 3. The zero-order valence-corrected chi connectivity index (χ0v) is 18.4. The highest BCUT2D eigenvalue weighted by molar-refractivity contribution is 7.99. The second-order valence-corrected chi connectivity index (χ2v) is 8.00. The van der Waals surface area contributed by atoms with Gasteiger partial charge >= 0.3 is 0 Å². The topological polar surface area (TPSA) is 88.9 Å². The number of fused-ring (bicyclic) bond motifs is 1. The number of benzene rings is 3. The maximum atomic E-state index is 12.6. The first-order valence-corrected chi connectivity index (χ1v) is 11.3. The molecule has 32 heavy (non-hydrogen) atoms. The Balaban J connectivity index is 1.36. The van der Waals surface area contributed by atoms with Crippen molar-refractivity contribution in [1.82, 2.24) is 20.1 Å². The molecule has 0 unspecified atom stereocenters. The minimum absolute atomic E-state index is 0.115. The highest BCUT2D eigenvalue weighted by Crippen LogP contribution is 2.24. The highest BCUT2D eigenvalue weighted by Gasteiger charge is 2.15. The van der Waals surface area contributed by atoms with E-state index >= 15 is 0 Å². The first kappa shape index (κ1) is 21.6. The first-order chi connectivity index (χ1) is 15.7. The molecule has 1 aromatic heterocycles. The molecule has 0 fully saturated rings. The van der Waals surface area contributed by atoms with Gasteiger partial charge in [-0.3, -0.25) is 9.59 Å². The van der Waals surface area contributed by atoms with Crippen molar-refractivity contribution >= 4 is 40.0 Å². The van der Waals surface area contributed by atoms with Crippen LogP contribution in [-0.4, -0.2) is 32.3 Å². The van der Waals surface area contributed by atoms with Crippen LogP contribution in [0.5, 0.6) is 0 Å². The Kier molecular flexibility index (Phi) is 6.81. The summed E-state index contributed by atoms with van der Waals surface area (Å²) in [5.74, 6) is 0.571. The lowest BCUT2D eigenvalue weighted by Gasteiger charge is -2.10. The van der Waals surface area contributed by atoms with Crippen molar-refractivity contribution in [2.75, 3.05) is 11.1 Å². The second-order valence-electron chi connectivity index (χ2n) is 7.06. The third kappa shape index (κ3) is 4.97. The Morgan fingerprint density at radius 1 is 0.938 bits per heavy atom. The van der Waals surface area contributed by atoms with Crippen LogP contribution in [-0.2, 0) is 17.9 Å². The number of anilines is 1. The molecule has 0 saturated carbocycles. The molecule has 8 heteroatoms. The van der Waals surface area contributed by atoms with E-state index in [1.165, 1.54) is 11.8 Å². The van der Waals surface area contributed by atoms with Crippen LogP contribution in [0, 0.1) is 0 Å². The molecule has 162 valence electrons. The zero-order chi connectivity index (χ0) is 22.3. The lowest BCUT2D eigenvalue weighted by molar-refractivity contribution is -0.113. The monoisotopic (exact) mass is 445 g/mol. The molecule has 0 radical (unpaired) electrons. The second kappa shape index (κ2) is 10.1. The van der Waals surface area contributed by atoms with Gasteiger partial charge in [0.2, 0.25) is 5.91 Å². The van der Waals surface area contributed by atoms with Crippen molar-refractivity contribution in [1.29, 1.82) is 0 Å². The predicted molar refractivity (Wildman–Crippen MR) is 127 cm³/mol. The molecule has 0 aliphatic rings. The molecule has 2 amide bonds. The van der Waals surface area contributed by atoms with Gasteiger partial charge in [0, 0.05) is 23.2 Å². The number of carbonyl (C=O) groups is 2. The fraction of sp³-hybridized carbons (Fsp3) is 0.167. The van der Waals surface area contributed by atoms with E-state index in [4.69, 9.17) is 0 Å². The summed E-state index contributed by atoms with van der Waals surface area (Å²) in [5.41, 5.74) is 1.38. The molecule has 2 N–H and O–H groups in total. The van der Waals surface area contributed by atoms with Crippen molar-refractivity contribution in [3.8, 4) is 0 Å². The van der Waals surface area contributed by atoms with E-state index in [0.29, 0.717) is 23.1 Å². The average molecular weight is 446 g/mol. The normalized spacial score (nSPS) is 10.8. The van der Waals surface area contributed by atoms with Crippen LogP contribution in [0.4, 0.5) is 5.69 Å². The summed E-state index contributed by atoms with van der Waals surface area (Å²) in [7, 11) is 0. The van der Waals surface area contributed by atoms with Gasteiger partial charge in [-0.2, -0.15) is 0 Å². The maximum Gasteiger partial charge on any atom is 0.251 e. The standard InChI is InChI=1S/C24H23N5O2S/c1-2-29-21(15-25-23(31)18-10-4-3-5-11-18)27-28-24(29)32-16-22(30)26-20-14-8-12-17-9-6-7-13-19(17)20/h3-14H,2,15-16H2,1H3,(H,25,31)(H,26,30). The Morgan fingerprint density at radius 2 is 1.69 bits per heavy atom. The van der Waals surface area contributed by atoms with Crippen molar-refractivity contribution in [3.63, 3.8) is 0 Å². The number of rotatable bonds is 8. The van der Waals surface area contributed by atoms with Crippen LogP contribution >= 0.6 is 11.8 Å². The molecule has 4 rings (SSSR count). The van der Waals surface area contributed by atoms with Gasteiger partial charge in [-0.15, -0.1) is 10.2 Å². The fourth-order valence-electron chi connectivity index (χ4n) is 3.38. The summed E-state index contributed by atoms with van der Waals surface area (Å²) in [6, 6.07) is 22.8. The van der Waals surface area contributed by atoms with E-state index < -0.39 is 0 Å². The minimum Gasteiger partial charge on any atom is -0.345 e. The number of hydrogen-bond donors (Lipinski definition) is 2. The summed E-state index contributed by atoms with van der Waals surface area (Å²) in [6.07, 6.45) is 0. The van der Waals surface area contributed by atoms with Gasteiger partial charge in [-0.25, -0.2) is 0 Å².